The summed E-state index contributed by atoms with van der Waals surface area (Å²) in [6.07, 6.45) is 0. The van der Waals surface area contributed by atoms with Gasteiger partial charge in [0.05, 0.1) is 46.2 Å². The van der Waals surface area contributed by atoms with E-state index in [1.165, 1.54) is 0 Å². The van der Waals surface area contributed by atoms with Crippen LogP contribution in [0.2, 0.25) is 0 Å². The quantitative estimate of drug-likeness (QED) is 0.634. The Balaban J connectivity index is 2.34. The summed E-state index contributed by atoms with van der Waals surface area (Å²) in [5.74, 6) is 0. The van der Waals surface area contributed by atoms with Crippen LogP contribution in [0.15, 0.2) is 0 Å². The smallest absolute Gasteiger partial charge is 0.0701 e. The molecule has 0 aromatic rings. The lowest BCUT2D eigenvalue weighted by Crippen LogP contribution is -2.34. The van der Waals surface area contributed by atoms with Crippen LogP contribution in [0.25, 0.3) is 0 Å². The Morgan fingerprint density at radius 3 is 1.92 bits per heavy atom. The molecule has 0 bridgehead atoms. The second-order valence-corrected chi connectivity index (χ2v) is 3.69. The average molecular weight is 190 g/mol. The standard InChI is InChI=1S/C9H18O4/c1-9(6-10)7-12-4-2-11-3-5-13-8-9/h10H,2-8H2,1H3. The lowest BCUT2D eigenvalue weighted by molar-refractivity contribution is -0.0793. The van der Waals surface area contributed by atoms with E-state index < -0.39 is 0 Å². The predicted molar refractivity (Wildman–Crippen MR) is 47.6 cm³/mol. The molecule has 0 spiro atoms. The van der Waals surface area contributed by atoms with Gasteiger partial charge in [0.15, 0.2) is 0 Å². The minimum atomic E-state index is -0.267. The van der Waals surface area contributed by atoms with E-state index in [-0.39, 0.29) is 12.0 Å². The maximum Gasteiger partial charge on any atom is 0.0701 e. The van der Waals surface area contributed by atoms with Crippen molar-refractivity contribution in [3.63, 3.8) is 0 Å². The van der Waals surface area contributed by atoms with Crippen molar-refractivity contribution in [2.75, 3.05) is 46.2 Å². The van der Waals surface area contributed by atoms with Gasteiger partial charge in [-0.15, -0.1) is 0 Å². The molecular weight excluding hydrogens is 172 g/mol. The predicted octanol–water partition coefficient (Wildman–Crippen LogP) is 0.0484. The molecule has 0 saturated carbocycles. The second kappa shape index (κ2) is 5.54. The van der Waals surface area contributed by atoms with E-state index in [2.05, 4.69) is 0 Å². The Hall–Kier alpha value is -0.160. The first-order valence-corrected chi connectivity index (χ1v) is 4.61. The van der Waals surface area contributed by atoms with Crippen molar-refractivity contribution < 1.29 is 19.3 Å². The van der Waals surface area contributed by atoms with Crippen LogP contribution in [-0.4, -0.2) is 51.4 Å². The Morgan fingerprint density at radius 1 is 1.00 bits per heavy atom. The fourth-order valence-electron chi connectivity index (χ4n) is 1.11. The molecule has 1 aliphatic heterocycles. The summed E-state index contributed by atoms with van der Waals surface area (Å²) in [5.41, 5.74) is -0.267. The van der Waals surface area contributed by atoms with Crippen molar-refractivity contribution >= 4 is 0 Å². The first kappa shape index (κ1) is 10.9. The van der Waals surface area contributed by atoms with Crippen LogP contribution in [-0.2, 0) is 14.2 Å². The molecule has 1 rings (SSSR count). The molecule has 0 aliphatic carbocycles. The van der Waals surface area contributed by atoms with Gasteiger partial charge in [-0.1, -0.05) is 6.92 Å². The molecule has 1 aliphatic rings. The van der Waals surface area contributed by atoms with Crippen molar-refractivity contribution in [2.24, 2.45) is 5.41 Å². The van der Waals surface area contributed by atoms with Crippen LogP contribution in [0.4, 0.5) is 0 Å². The lowest BCUT2D eigenvalue weighted by atomic mass is 9.94. The molecule has 1 N–H and O–H groups in total. The van der Waals surface area contributed by atoms with Crippen LogP contribution >= 0.6 is 0 Å². The Bertz CT molecular complexity index is 128. The van der Waals surface area contributed by atoms with Gasteiger partial charge in [0.25, 0.3) is 0 Å². The van der Waals surface area contributed by atoms with E-state index in [1.54, 1.807) is 0 Å². The molecule has 1 fully saturated rings. The minimum Gasteiger partial charge on any atom is -0.396 e. The highest BCUT2D eigenvalue weighted by Crippen LogP contribution is 2.16. The molecule has 0 atom stereocenters. The van der Waals surface area contributed by atoms with E-state index in [0.29, 0.717) is 39.6 Å². The first-order chi connectivity index (χ1) is 6.27. The third kappa shape index (κ3) is 4.04. The largest absolute Gasteiger partial charge is 0.396 e. The maximum absolute atomic E-state index is 9.14. The van der Waals surface area contributed by atoms with Gasteiger partial charge in [0.2, 0.25) is 0 Å². The van der Waals surface area contributed by atoms with Gasteiger partial charge < -0.3 is 19.3 Å². The Morgan fingerprint density at radius 2 is 1.46 bits per heavy atom. The zero-order valence-corrected chi connectivity index (χ0v) is 8.12. The average Bonchev–Trinajstić information content (AvgIpc) is 2.16. The van der Waals surface area contributed by atoms with Gasteiger partial charge >= 0.3 is 0 Å². The molecule has 13 heavy (non-hydrogen) atoms. The molecule has 78 valence electrons. The summed E-state index contributed by atoms with van der Waals surface area (Å²) in [4.78, 5) is 0. The van der Waals surface area contributed by atoms with Gasteiger partial charge in [-0.2, -0.15) is 0 Å². The first-order valence-electron chi connectivity index (χ1n) is 4.61. The molecule has 0 amide bonds. The van der Waals surface area contributed by atoms with Crippen LogP contribution in [0, 0.1) is 5.41 Å². The summed E-state index contributed by atoms with van der Waals surface area (Å²) >= 11 is 0. The van der Waals surface area contributed by atoms with Crippen molar-refractivity contribution in [1.82, 2.24) is 0 Å². The van der Waals surface area contributed by atoms with Gasteiger partial charge in [0, 0.05) is 5.41 Å². The third-order valence-corrected chi connectivity index (χ3v) is 2.03. The summed E-state index contributed by atoms with van der Waals surface area (Å²) < 4.78 is 15.9. The van der Waals surface area contributed by atoms with Gasteiger partial charge in [0.1, 0.15) is 0 Å². The zero-order valence-electron chi connectivity index (χ0n) is 8.12. The molecular formula is C9H18O4. The van der Waals surface area contributed by atoms with E-state index in [4.69, 9.17) is 19.3 Å². The second-order valence-electron chi connectivity index (χ2n) is 3.69. The number of aliphatic hydroxyl groups is 1. The van der Waals surface area contributed by atoms with Crippen LogP contribution in [0.1, 0.15) is 6.92 Å². The Labute approximate surface area is 78.8 Å². The lowest BCUT2D eigenvalue weighted by Gasteiger charge is -2.27. The highest BCUT2D eigenvalue weighted by Gasteiger charge is 2.24. The molecule has 0 unspecified atom stereocenters. The molecule has 1 heterocycles. The van der Waals surface area contributed by atoms with E-state index in [1.807, 2.05) is 6.92 Å². The monoisotopic (exact) mass is 190 g/mol. The summed E-state index contributed by atoms with van der Waals surface area (Å²) in [7, 11) is 0. The number of hydrogen-bond acceptors (Lipinski definition) is 4. The van der Waals surface area contributed by atoms with Crippen LogP contribution in [0.3, 0.4) is 0 Å². The fourth-order valence-corrected chi connectivity index (χ4v) is 1.11. The SMILES string of the molecule is CC1(CO)COCCOCCOC1. The number of rotatable bonds is 1. The van der Waals surface area contributed by atoms with Crippen LogP contribution < -0.4 is 0 Å². The Kier molecular flexibility index (Phi) is 4.66. The summed E-state index contributed by atoms with van der Waals surface area (Å²) in [5, 5.41) is 9.14. The van der Waals surface area contributed by atoms with Crippen molar-refractivity contribution in [1.29, 1.82) is 0 Å². The fraction of sp³-hybridized carbons (Fsp3) is 1.00. The third-order valence-electron chi connectivity index (χ3n) is 2.03. The van der Waals surface area contributed by atoms with Crippen molar-refractivity contribution in [2.45, 2.75) is 6.92 Å². The molecule has 0 radical (unpaired) electrons. The molecule has 0 aromatic heterocycles. The maximum atomic E-state index is 9.14. The number of hydrogen-bond donors (Lipinski definition) is 1. The normalized spacial score (nSPS) is 25.4. The number of aliphatic hydroxyl groups excluding tert-OH is 1. The van der Waals surface area contributed by atoms with E-state index in [0.717, 1.165) is 0 Å². The molecule has 0 aromatic carbocycles. The van der Waals surface area contributed by atoms with E-state index >= 15 is 0 Å². The van der Waals surface area contributed by atoms with Crippen molar-refractivity contribution in [3.8, 4) is 0 Å². The summed E-state index contributed by atoms with van der Waals surface area (Å²) in [6, 6.07) is 0. The van der Waals surface area contributed by atoms with Gasteiger partial charge in [-0.3, -0.25) is 0 Å². The van der Waals surface area contributed by atoms with Gasteiger partial charge in [-0.25, -0.2) is 0 Å². The zero-order chi connectivity index (χ0) is 9.57. The summed E-state index contributed by atoms with van der Waals surface area (Å²) in [6.45, 7) is 5.48. The van der Waals surface area contributed by atoms with Gasteiger partial charge in [-0.05, 0) is 0 Å². The highest BCUT2D eigenvalue weighted by molar-refractivity contribution is 4.72. The molecule has 4 nitrogen and oxygen atoms in total. The van der Waals surface area contributed by atoms with Crippen LogP contribution in [0.5, 0.6) is 0 Å². The number of ether oxygens (including phenoxy) is 3. The van der Waals surface area contributed by atoms with E-state index in [9.17, 15) is 0 Å². The molecule has 1 saturated heterocycles. The highest BCUT2D eigenvalue weighted by atomic mass is 16.5. The van der Waals surface area contributed by atoms with Crippen molar-refractivity contribution in [3.05, 3.63) is 0 Å². The topological polar surface area (TPSA) is 47.9 Å². The minimum absolute atomic E-state index is 0.0911. The molecule has 4 heteroatoms.